The fourth-order valence-corrected chi connectivity index (χ4v) is 3.36. The van der Waals surface area contributed by atoms with Gasteiger partial charge in [-0.3, -0.25) is 4.18 Å². The molecule has 23 heavy (non-hydrogen) atoms. The Hall–Kier alpha value is -1.60. The van der Waals surface area contributed by atoms with Crippen molar-refractivity contribution in [1.29, 1.82) is 0 Å². The van der Waals surface area contributed by atoms with E-state index in [4.69, 9.17) is 8.92 Å². The smallest absolute Gasteiger partial charge is 0.410 e. The van der Waals surface area contributed by atoms with Gasteiger partial charge in [0.05, 0.1) is 17.5 Å². The molecule has 1 aromatic rings. The number of carbonyl (C=O) groups is 1. The van der Waals surface area contributed by atoms with Crippen molar-refractivity contribution in [3.05, 3.63) is 30.3 Å². The van der Waals surface area contributed by atoms with E-state index in [1.807, 2.05) is 0 Å². The van der Waals surface area contributed by atoms with Gasteiger partial charge in [-0.1, -0.05) is 18.2 Å². The van der Waals surface area contributed by atoms with E-state index < -0.39 is 21.8 Å². The average Bonchev–Trinajstić information content (AvgIpc) is 2.93. The third kappa shape index (κ3) is 4.94. The molecule has 2 rings (SSSR count). The molecule has 1 amide bonds. The second kappa shape index (κ2) is 6.88. The summed E-state index contributed by atoms with van der Waals surface area (Å²) < 4.78 is 34.8. The van der Waals surface area contributed by atoms with Crippen LogP contribution >= 0.6 is 0 Å². The van der Waals surface area contributed by atoms with Crippen LogP contribution in [-0.4, -0.2) is 44.2 Å². The van der Waals surface area contributed by atoms with Crippen LogP contribution in [0.25, 0.3) is 0 Å². The molecule has 0 bridgehead atoms. The highest BCUT2D eigenvalue weighted by Gasteiger charge is 2.33. The number of hydrogen-bond acceptors (Lipinski definition) is 5. The maximum Gasteiger partial charge on any atom is 0.410 e. The zero-order chi connectivity index (χ0) is 17.1. The van der Waals surface area contributed by atoms with Crippen molar-refractivity contribution in [2.24, 2.45) is 0 Å². The molecular weight excluding hydrogens is 318 g/mol. The molecule has 1 aromatic carbocycles. The number of hydrogen-bond donors (Lipinski definition) is 0. The minimum Gasteiger partial charge on any atom is -0.444 e. The molecule has 0 aliphatic carbocycles. The second-order valence-corrected chi connectivity index (χ2v) is 8.14. The van der Waals surface area contributed by atoms with Crippen LogP contribution in [0.4, 0.5) is 4.79 Å². The van der Waals surface area contributed by atoms with Gasteiger partial charge in [-0.05, 0) is 45.7 Å². The lowest BCUT2D eigenvalue weighted by Crippen LogP contribution is -2.42. The Balaban J connectivity index is 1.98. The lowest BCUT2D eigenvalue weighted by atomic mass is 10.2. The highest BCUT2D eigenvalue weighted by Crippen LogP contribution is 2.22. The number of ether oxygens (including phenoxy) is 1. The summed E-state index contributed by atoms with van der Waals surface area (Å²) in [6, 6.07) is 7.69. The number of rotatable bonds is 4. The summed E-state index contributed by atoms with van der Waals surface area (Å²) in [6.45, 7) is 5.88. The van der Waals surface area contributed by atoms with Crippen molar-refractivity contribution < 1.29 is 22.1 Å². The van der Waals surface area contributed by atoms with E-state index >= 15 is 0 Å². The molecule has 1 fully saturated rings. The zero-order valence-corrected chi connectivity index (χ0v) is 14.5. The summed E-state index contributed by atoms with van der Waals surface area (Å²) in [5, 5.41) is 0. The van der Waals surface area contributed by atoms with Crippen LogP contribution in [0, 0.1) is 0 Å². The lowest BCUT2D eigenvalue weighted by Gasteiger charge is -2.28. The quantitative estimate of drug-likeness (QED) is 0.787. The van der Waals surface area contributed by atoms with E-state index in [0.29, 0.717) is 13.0 Å². The molecule has 0 aromatic heterocycles. The second-order valence-electron chi connectivity index (χ2n) is 6.52. The maximum absolute atomic E-state index is 12.2. The van der Waals surface area contributed by atoms with Gasteiger partial charge in [-0.15, -0.1) is 0 Å². The average molecular weight is 341 g/mol. The summed E-state index contributed by atoms with van der Waals surface area (Å²) in [6.07, 6.45) is 1.07. The first-order valence-electron chi connectivity index (χ1n) is 7.63. The van der Waals surface area contributed by atoms with Crippen molar-refractivity contribution in [1.82, 2.24) is 4.90 Å². The summed E-state index contributed by atoms with van der Waals surface area (Å²) in [5.41, 5.74) is -0.582. The molecule has 0 N–H and O–H groups in total. The van der Waals surface area contributed by atoms with Crippen molar-refractivity contribution in [3.8, 4) is 0 Å². The van der Waals surface area contributed by atoms with E-state index in [1.165, 1.54) is 12.1 Å². The highest BCUT2D eigenvalue weighted by atomic mass is 32.2. The molecule has 1 atom stereocenters. The standard InChI is InChI=1S/C16H23NO5S/c1-16(2,3)22-15(18)17-11-7-8-13(17)12-21-23(19,20)14-9-5-4-6-10-14/h4-6,9-10,13H,7-8,11-12H2,1-3H3. The number of likely N-dealkylation sites (tertiary alicyclic amines) is 1. The Labute approximate surface area is 137 Å². The van der Waals surface area contributed by atoms with Crippen LogP contribution in [0.2, 0.25) is 0 Å². The summed E-state index contributed by atoms with van der Waals surface area (Å²) >= 11 is 0. The first-order chi connectivity index (χ1) is 10.7. The predicted octanol–water partition coefficient (Wildman–Crippen LogP) is 2.79. The molecule has 1 unspecified atom stereocenters. The first kappa shape index (κ1) is 17.7. The SMILES string of the molecule is CC(C)(C)OC(=O)N1CCCC1COS(=O)(=O)c1ccccc1. The Bertz CT molecular complexity index is 636. The minimum absolute atomic E-state index is 0.0591. The zero-order valence-electron chi connectivity index (χ0n) is 13.7. The first-order valence-corrected chi connectivity index (χ1v) is 9.04. The van der Waals surface area contributed by atoms with Crippen molar-refractivity contribution in [2.75, 3.05) is 13.2 Å². The molecule has 1 heterocycles. The van der Waals surface area contributed by atoms with Gasteiger partial charge < -0.3 is 9.64 Å². The topological polar surface area (TPSA) is 72.9 Å². The molecule has 1 saturated heterocycles. The maximum atomic E-state index is 12.2. The van der Waals surface area contributed by atoms with E-state index in [2.05, 4.69) is 0 Å². The molecular formula is C16H23NO5S. The number of benzene rings is 1. The molecule has 6 nitrogen and oxygen atoms in total. The Morgan fingerprint density at radius 2 is 1.91 bits per heavy atom. The number of amides is 1. The molecule has 0 saturated carbocycles. The van der Waals surface area contributed by atoms with Gasteiger partial charge in [-0.25, -0.2) is 4.79 Å². The highest BCUT2D eigenvalue weighted by molar-refractivity contribution is 7.86. The van der Waals surface area contributed by atoms with Gasteiger partial charge in [0.25, 0.3) is 10.1 Å². The van der Waals surface area contributed by atoms with Crippen molar-refractivity contribution >= 4 is 16.2 Å². The molecule has 0 radical (unpaired) electrons. The van der Waals surface area contributed by atoms with Crippen LogP contribution in [0.15, 0.2) is 35.2 Å². The Kier molecular flexibility index (Phi) is 5.31. The lowest BCUT2D eigenvalue weighted by molar-refractivity contribution is 0.0189. The molecule has 1 aliphatic rings. The van der Waals surface area contributed by atoms with Gasteiger partial charge in [0, 0.05) is 6.54 Å². The summed E-state index contributed by atoms with van der Waals surface area (Å²) in [4.78, 5) is 13.8. The molecule has 7 heteroatoms. The van der Waals surface area contributed by atoms with Crippen LogP contribution in [0.1, 0.15) is 33.6 Å². The molecule has 0 spiro atoms. The largest absolute Gasteiger partial charge is 0.444 e. The minimum atomic E-state index is -3.81. The van der Waals surface area contributed by atoms with E-state index in [9.17, 15) is 13.2 Å². The van der Waals surface area contributed by atoms with Crippen LogP contribution < -0.4 is 0 Å². The summed E-state index contributed by atoms with van der Waals surface area (Å²) in [5.74, 6) is 0. The molecule has 1 aliphatic heterocycles. The van der Waals surface area contributed by atoms with Crippen molar-refractivity contribution in [2.45, 2.75) is 50.2 Å². The monoisotopic (exact) mass is 341 g/mol. The van der Waals surface area contributed by atoms with E-state index in [-0.39, 0.29) is 17.5 Å². The normalized spacial score (nSPS) is 18.9. The van der Waals surface area contributed by atoms with Crippen LogP contribution in [-0.2, 0) is 19.0 Å². The molecule has 128 valence electrons. The fourth-order valence-electron chi connectivity index (χ4n) is 2.39. The van der Waals surface area contributed by atoms with Crippen LogP contribution in [0.3, 0.4) is 0 Å². The van der Waals surface area contributed by atoms with Gasteiger partial charge in [0.2, 0.25) is 0 Å². The third-order valence-electron chi connectivity index (χ3n) is 3.45. The predicted molar refractivity (Wildman–Crippen MR) is 85.5 cm³/mol. The van der Waals surface area contributed by atoms with Crippen molar-refractivity contribution in [3.63, 3.8) is 0 Å². The van der Waals surface area contributed by atoms with Gasteiger partial charge >= 0.3 is 6.09 Å². The number of carbonyl (C=O) groups excluding carboxylic acids is 1. The number of nitrogens with zero attached hydrogens (tertiary/aromatic N) is 1. The van der Waals surface area contributed by atoms with E-state index in [1.54, 1.807) is 43.9 Å². The third-order valence-corrected chi connectivity index (χ3v) is 4.75. The van der Waals surface area contributed by atoms with E-state index in [0.717, 1.165) is 6.42 Å². The Morgan fingerprint density at radius 3 is 2.52 bits per heavy atom. The van der Waals surface area contributed by atoms with Gasteiger partial charge in [-0.2, -0.15) is 8.42 Å². The van der Waals surface area contributed by atoms with Gasteiger partial charge in [0.15, 0.2) is 0 Å². The summed E-state index contributed by atoms with van der Waals surface area (Å²) in [7, 11) is -3.81. The Morgan fingerprint density at radius 1 is 1.26 bits per heavy atom. The van der Waals surface area contributed by atoms with Gasteiger partial charge in [0.1, 0.15) is 5.60 Å². The van der Waals surface area contributed by atoms with Crippen LogP contribution in [0.5, 0.6) is 0 Å². The fraction of sp³-hybridized carbons (Fsp3) is 0.562.